The number of carbonyl (C=O) groups is 3. The Morgan fingerprint density at radius 3 is 1.38 bits per heavy atom. The van der Waals surface area contributed by atoms with Crippen LogP contribution in [0.4, 0.5) is 5.69 Å². The van der Waals surface area contributed by atoms with Crippen molar-refractivity contribution < 1.29 is 29.7 Å². The van der Waals surface area contributed by atoms with Crippen molar-refractivity contribution in [1.29, 1.82) is 0 Å². The van der Waals surface area contributed by atoms with Crippen LogP contribution in [0, 0.1) is 7.14 Å². The number of halogens is 2. The van der Waals surface area contributed by atoms with E-state index in [2.05, 4.69) is 50.5 Å². The van der Waals surface area contributed by atoms with Crippen LogP contribution in [0.3, 0.4) is 0 Å². The van der Waals surface area contributed by atoms with Crippen molar-refractivity contribution in [3.05, 3.63) is 97.1 Å². The fourth-order valence-corrected chi connectivity index (χ4v) is 3.38. The second-order valence-corrected chi connectivity index (χ2v) is 10.2. The van der Waals surface area contributed by atoms with Gasteiger partial charge < -0.3 is 32.1 Å². The average molecular weight is 733 g/mol. The number of para-hydroxylation sites is 1. The van der Waals surface area contributed by atoms with E-state index in [1.165, 1.54) is 0 Å². The van der Waals surface area contributed by atoms with Gasteiger partial charge in [0.05, 0.1) is 0 Å². The van der Waals surface area contributed by atoms with Crippen LogP contribution >= 0.6 is 45.2 Å². The summed E-state index contributed by atoms with van der Waals surface area (Å²) in [7, 11) is 0. The smallest absolute Gasteiger partial charge is 0.322 e. The Labute approximate surface area is 242 Å². The molecule has 2 atom stereocenters. The SMILES string of the molecule is N[C@@H](Cc1ccc(I)cc1)C(=O)O.N[C@@H](Cc1ccc(I)cc1)C(=O)O.O=C(O)CNc1ccccc1. The number of aliphatic carboxylic acids is 3. The van der Waals surface area contributed by atoms with Crippen LogP contribution in [0.25, 0.3) is 0 Å². The van der Waals surface area contributed by atoms with Gasteiger partial charge in [-0.05, 0) is 106 Å². The Bertz CT molecular complexity index is 1050. The van der Waals surface area contributed by atoms with Crippen molar-refractivity contribution in [3.63, 3.8) is 0 Å². The van der Waals surface area contributed by atoms with E-state index in [4.69, 9.17) is 26.8 Å². The summed E-state index contributed by atoms with van der Waals surface area (Å²) >= 11 is 4.39. The molecule has 8 N–H and O–H groups in total. The fraction of sp³-hybridized carbons (Fsp3) is 0.192. The highest BCUT2D eigenvalue weighted by Gasteiger charge is 2.12. The monoisotopic (exact) mass is 733 g/mol. The summed E-state index contributed by atoms with van der Waals surface area (Å²) in [5.74, 6) is -2.77. The normalized spacial score (nSPS) is 11.5. The molecule has 0 heterocycles. The third-order valence-electron chi connectivity index (χ3n) is 4.59. The molecule has 0 bridgehead atoms. The first-order chi connectivity index (χ1) is 17.5. The minimum atomic E-state index is -0.960. The number of nitrogens with two attached hydrogens (primary N) is 2. The summed E-state index contributed by atoms with van der Waals surface area (Å²) in [5, 5.41) is 28.2. The number of nitrogens with one attached hydrogen (secondary N) is 1. The Kier molecular flexibility index (Phi) is 15.4. The summed E-state index contributed by atoms with van der Waals surface area (Å²) in [4.78, 5) is 31.0. The van der Waals surface area contributed by atoms with Crippen molar-refractivity contribution in [2.24, 2.45) is 11.5 Å². The highest BCUT2D eigenvalue weighted by atomic mass is 127. The summed E-state index contributed by atoms with van der Waals surface area (Å²) in [6.45, 7) is -0.0377. The van der Waals surface area contributed by atoms with Gasteiger partial charge in [-0.15, -0.1) is 0 Å². The zero-order valence-corrected chi connectivity index (χ0v) is 24.1. The first-order valence-corrected chi connectivity index (χ1v) is 13.1. The van der Waals surface area contributed by atoms with Crippen LogP contribution in [0.15, 0.2) is 78.9 Å². The Morgan fingerprint density at radius 1 is 0.676 bits per heavy atom. The van der Waals surface area contributed by atoms with E-state index in [1.807, 2.05) is 78.9 Å². The summed E-state index contributed by atoms with van der Waals surface area (Å²) in [6.07, 6.45) is 0.762. The van der Waals surface area contributed by atoms with Gasteiger partial charge in [-0.2, -0.15) is 0 Å². The van der Waals surface area contributed by atoms with E-state index in [9.17, 15) is 14.4 Å². The fourth-order valence-electron chi connectivity index (χ4n) is 2.66. The summed E-state index contributed by atoms with van der Waals surface area (Å²) < 4.78 is 2.26. The van der Waals surface area contributed by atoms with E-state index in [-0.39, 0.29) is 6.54 Å². The number of hydrogen-bond acceptors (Lipinski definition) is 6. The largest absolute Gasteiger partial charge is 0.480 e. The predicted octanol–water partition coefficient (Wildman–Crippen LogP) is 3.67. The maximum absolute atomic E-state index is 10.4. The molecule has 198 valence electrons. The second-order valence-electron chi connectivity index (χ2n) is 7.66. The van der Waals surface area contributed by atoms with Gasteiger partial charge in [-0.1, -0.05) is 42.5 Å². The van der Waals surface area contributed by atoms with E-state index in [0.29, 0.717) is 12.8 Å². The molecule has 37 heavy (non-hydrogen) atoms. The van der Waals surface area contributed by atoms with E-state index >= 15 is 0 Å². The Morgan fingerprint density at radius 2 is 1.05 bits per heavy atom. The van der Waals surface area contributed by atoms with Gasteiger partial charge in [0.15, 0.2) is 0 Å². The molecule has 11 heteroatoms. The Balaban J connectivity index is 0.000000279. The van der Waals surface area contributed by atoms with Crippen LogP contribution in [-0.4, -0.2) is 51.9 Å². The number of rotatable bonds is 9. The minimum Gasteiger partial charge on any atom is -0.480 e. The molecule has 9 nitrogen and oxygen atoms in total. The molecular formula is C26H29I2N3O6. The summed E-state index contributed by atoms with van der Waals surface area (Å²) in [5.41, 5.74) is 13.5. The molecule has 0 unspecified atom stereocenters. The molecule has 0 saturated carbocycles. The topological polar surface area (TPSA) is 176 Å². The third-order valence-corrected chi connectivity index (χ3v) is 6.03. The molecule has 3 aromatic rings. The van der Waals surface area contributed by atoms with Gasteiger partial charge in [0, 0.05) is 12.8 Å². The van der Waals surface area contributed by atoms with Crippen LogP contribution in [-0.2, 0) is 27.2 Å². The van der Waals surface area contributed by atoms with E-state index in [0.717, 1.165) is 24.0 Å². The Hall–Kier alpha value is -2.75. The molecule has 3 aromatic carbocycles. The lowest BCUT2D eigenvalue weighted by molar-refractivity contribution is -0.139. The van der Waals surface area contributed by atoms with Crippen LogP contribution < -0.4 is 16.8 Å². The van der Waals surface area contributed by atoms with Gasteiger partial charge in [-0.25, -0.2) is 0 Å². The van der Waals surface area contributed by atoms with Gasteiger partial charge in [0.1, 0.15) is 18.6 Å². The highest BCUT2D eigenvalue weighted by molar-refractivity contribution is 14.1. The molecule has 3 rings (SSSR count). The predicted molar refractivity (Wildman–Crippen MR) is 160 cm³/mol. The van der Waals surface area contributed by atoms with Gasteiger partial charge in [-0.3, -0.25) is 14.4 Å². The molecule has 0 radical (unpaired) electrons. The maximum atomic E-state index is 10.4. The average Bonchev–Trinajstić information content (AvgIpc) is 2.87. The van der Waals surface area contributed by atoms with Crippen molar-refractivity contribution in [2.45, 2.75) is 24.9 Å². The first-order valence-electron chi connectivity index (χ1n) is 10.9. The lowest BCUT2D eigenvalue weighted by Gasteiger charge is -2.05. The maximum Gasteiger partial charge on any atom is 0.322 e. The first kappa shape index (κ1) is 32.3. The number of hydrogen-bond donors (Lipinski definition) is 6. The quantitative estimate of drug-likeness (QED) is 0.179. The lowest BCUT2D eigenvalue weighted by Crippen LogP contribution is -2.32. The van der Waals surface area contributed by atoms with E-state index in [1.54, 1.807) is 0 Å². The molecule has 0 spiro atoms. The van der Waals surface area contributed by atoms with Gasteiger partial charge in [0.2, 0.25) is 0 Å². The second kappa shape index (κ2) is 17.7. The molecule has 0 fully saturated rings. The van der Waals surface area contributed by atoms with Gasteiger partial charge in [0.25, 0.3) is 0 Å². The van der Waals surface area contributed by atoms with Crippen molar-refractivity contribution in [2.75, 3.05) is 11.9 Å². The van der Waals surface area contributed by atoms with Crippen molar-refractivity contribution in [3.8, 4) is 0 Å². The lowest BCUT2D eigenvalue weighted by atomic mass is 10.1. The van der Waals surface area contributed by atoms with E-state index < -0.39 is 30.0 Å². The molecule has 0 saturated heterocycles. The highest BCUT2D eigenvalue weighted by Crippen LogP contribution is 2.09. The standard InChI is InChI=1S/2C9H10INO2.C8H9NO2/c2*10-7-3-1-6(2-4-7)5-8(11)9(12)13;10-8(11)6-9-7-4-2-1-3-5-7/h2*1-4,8H,5,11H2,(H,12,13);1-5,9H,6H2,(H,10,11)/t2*8-;/m00./s1. The number of anilines is 1. The third kappa shape index (κ3) is 15.2. The van der Waals surface area contributed by atoms with Crippen molar-refractivity contribution >= 4 is 68.8 Å². The number of benzene rings is 3. The summed E-state index contributed by atoms with van der Waals surface area (Å²) in [6, 6.07) is 22.9. The number of carboxylic acids is 3. The molecular weight excluding hydrogens is 704 g/mol. The molecule has 0 aliphatic heterocycles. The minimum absolute atomic E-state index is 0.0377. The van der Waals surface area contributed by atoms with Crippen LogP contribution in [0.5, 0.6) is 0 Å². The molecule has 0 aliphatic rings. The molecule has 0 aliphatic carbocycles. The van der Waals surface area contributed by atoms with Gasteiger partial charge >= 0.3 is 17.9 Å². The molecule has 0 amide bonds. The van der Waals surface area contributed by atoms with Crippen LogP contribution in [0.1, 0.15) is 11.1 Å². The number of carboxylic acid groups (broad SMARTS) is 3. The zero-order chi connectivity index (χ0) is 27.8. The zero-order valence-electron chi connectivity index (χ0n) is 19.8. The van der Waals surface area contributed by atoms with Crippen molar-refractivity contribution in [1.82, 2.24) is 0 Å². The molecule has 0 aromatic heterocycles. The van der Waals surface area contributed by atoms with Crippen LogP contribution in [0.2, 0.25) is 0 Å².